The highest BCUT2D eigenvalue weighted by molar-refractivity contribution is 7.13. The molecular formula is C13H18N6S. The van der Waals surface area contributed by atoms with Crippen LogP contribution in [-0.4, -0.2) is 28.0 Å². The number of anilines is 2. The quantitative estimate of drug-likeness (QED) is 0.782. The maximum absolute atomic E-state index is 5.63. The van der Waals surface area contributed by atoms with Crippen LogP contribution in [0.4, 0.5) is 10.9 Å². The zero-order chi connectivity index (χ0) is 13.9. The lowest BCUT2D eigenvalue weighted by atomic mass is 10.1. The number of nitrogen functional groups attached to an aromatic ring is 1. The van der Waals surface area contributed by atoms with Gasteiger partial charge in [-0.3, -0.25) is 0 Å². The van der Waals surface area contributed by atoms with E-state index in [0.717, 1.165) is 55.5 Å². The minimum atomic E-state index is 0.626. The lowest BCUT2D eigenvalue weighted by Crippen LogP contribution is -2.27. The molecule has 0 atom stereocenters. The molecule has 106 valence electrons. The van der Waals surface area contributed by atoms with Crippen LogP contribution in [0.2, 0.25) is 0 Å². The molecule has 0 saturated heterocycles. The number of nitrogens with one attached hydrogen (secondary N) is 2. The second-order valence-corrected chi connectivity index (χ2v) is 5.71. The Morgan fingerprint density at radius 2 is 2.30 bits per heavy atom. The van der Waals surface area contributed by atoms with Gasteiger partial charge in [0.1, 0.15) is 11.6 Å². The average Bonchev–Trinajstić information content (AvgIpc) is 2.84. The van der Waals surface area contributed by atoms with Gasteiger partial charge in [-0.05, 0) is 19.9 Å². The first kappa shape index (κ1) is 13.3. The molecule has 3 heterocycles. The molecule has 2 aromatic rings. The van der Waals surface area contributed by atoms with E-state index >= 15 is 0 Å². The highest BCUT2D eigenvalue weighted by Gasteiger charge is 2.16. The summed E-state index contributed by atoms with van der Waals surface area (Å²) in [7, 11) is 0. The molecule has 0 bridgehead atoms. The maximum Gasteiger partial charge on any atom is 0.180 e. The second-order valence-electron chi connectivity index (χ2n) is 4.83. The minimum Gasteiger partial charge on any atom is -0.375 e. The molecule has 20 heavy (non-hydrogen) atoms. The fraction of sp³-hybridized carbons (Fsp3) is 0.462. The van der Waals surface area contributed by atoms with Gasteiger partial charge in [0.15, 0.2) is 5.13 Å². The number of thiazole rings is 1. The van der Waals surface area contributed by atoms with E-state index in [0.29, 0.717) is 5.13 Å². The van der Waals surface area contributed by atoms with Crippen LogP contribution in [0.15, 0.2) is 5.38 Å². The van der Waals surface area contributed by atoms with Gasteiger partial charge in [-0.2, -0.15) is 0 Å². The van der Waals surface area contributed by atoms with Crippen LogP contribution in [0.1, 0.15) is 22.8 Å². The van der Waals surface area contributed by atoms with E-state index in [4.69, 9.17) is 5.73 Å². The first-order valence-corrected chi connectivity index (χ1v) is 7.61. The Kier molecular flexibility index (Phi) is 3.79. The minimum absolute atomic E-state index is 0.626. The van der Waals surface area contributed by atoms with Gasteiger partial charge in [0.25, 0.3) is 0 Å². The monoisotopic (exact) mass is 290 g/mol. The summed E-state index contributed by atoms with van der Waals surface area (Å²) in [5, 5.41) is 9.38. The fourth-order valence-electron chi connectivity index (χ4n) is 2.38. The normalized spacial score (nSPS) is 14.1. The molecule has 0 saturated carbocycles. The van der Waals surface area contributed by atoms with Crippen LogP contribution in [-0.2, 0) is 19.4 Å². The molecule has 0 aromatic carbocycles. The number of fused-ring (bicyclic) bond motifs is 1. The summed E-state index contributed by atoms with van der Waals surface area (Å²) in [4.78, 5) is 13.3. The van der Waals surface area contributed by atoms with Gasteiger partial charge >= 0.3 is 0 Å². The molecule has 0 aliphatic carbocycles. The van der Waals surface area contributed by atoms with Crippen molar-refractivity contribution in [2.24, 2.45) is 0 Å². The average molecular weight is 290 g/mol. The Morgan fingerprint density at radius 3 is 3.10 bits per heavy atom. The van der Waals surface area contributed by atoms with E-state index in [-0.39, 0.29) is 0 Å². The van der Waals surface area contributed by atoms with Crippen molar-refractivity contribution in [3.05, 3.63) is 28.2 Å². The second kappa shape index (κ2) is 5.72. The maximum atomic E-state index is 5.63. The molecule has 0 fully saturated rings. The van der Waals surface area contributed by atoms with Crippen molar-refractivity contribution in [2.75, 3.05) is 24.1 Å². The van der Waals surface area contributed by atoms with Gasteiger partial charge < -0.3 is 16.4 Å². The van der Waals surface area contributed by atoms with Crippen molar-refractivity contribution in [2.45, 2.75) is 26.3 Å². The summed E-state index contributed by atoms with van der Waals surface area (Å²) in [6.07, 6.45) is 1.82. The van der Waals surface area contributed by atoms with Crippen molar-refractivity contribution in [1.29, 1.82) is 0 Å². The third-order valence-corrected chi connectivity index (χ3v) is 4.01. The predicted octanol–water partition coefficient (Wildman–Crippen LogP) is 1.12. The van der Waals surface area contributed by atoms with Crippen LogP contribution in [0.25, 0.3) is 0 Å². The van der Waals surface area contributed by atoms with E-state index in [1.54, 1.807) is 0 Å². The summed E-state index contributed by atoms with van der Waals surface area (Å²) in [6, 6.07) is 0. The largest absolute Gasteiger partial charge is 0.375 e. The van der Waals surface area contributed by atoms with Gasteiger partial charge in [0, 0.05) is 30.5 Å². The molecule has 0 radical (unpaired) electrons. The summed E-state index contributed by atoms with van der Waals surface area (Å²) < 4.78 is 0. The van der Waals surface area contributed by atoms with Crippen molar-refractivity contribution in [3.63, 3.8) is 0 Å². The Morgan fingerprint density at radius 1 is 1.40 bits per heavy atom. The molecule has 7 heteroatoms. The zero-order valence-electron chi connectivity index (χ0n) is 11.4. The summed E-state index contributed by atoms with van der Waals surface area (Å²) in [5.41, 5.74) is 9.02. The van der Waals surface area contributed by atoms with Crippen LogP contribution < -0.4 is 16.4 Å². The van der Waals surface area contributed by atoms with Crippen molar-refractivity contribution in [1.82, 2.24) is 20.3 Å². The van der Waals surface area contributed by atoms with Crippen molar-refractivity contribution in [3.8, 4) is 0 Å². The molecule has 6 nitrogen and oxygen atoms in total. The van der Waals surface area contributed by atoms with E-state index < -0.39 is 0 Å². The SMILES string of the molecule is Cc1nc2c(c(NCCc3csc(N)n3)n1)CCNC2. The molecule has 4 N–H and O–H groups in total. The molecule has 0 spiro atoms. The lowest BCUT2D eigenvalue weighted by Gasteiger charge is -2.20. The number of nitrogens with two attached hydrogens (primary N) is 1. The Labute approximate surface area is 121 Å². The van der Waals surface area contributed by atoms with Crippen LogP contribution in [0, 0.1) is 6.92 Å². The van der Waals surface area contributed by atoms with E-state index in [2.05, 4.69) is 25.6 Å². The summed E-state index contributed by atoms with van der Waals surface area (Å²) in [5.74, 6) is 1.78. The first-order valence-electron chi connectivity index (χ1n) is 6.73. The Bertz CT molecular complexity index is 609. The molecular weight excluding hydrogens is 272 g/mol. The van der Waals surface area contributed by atoms with Gasteiger partial charge in [-0.1, -0.05) is 0 Å². The van der Waals surface area contributed by atoms with Crippen LogP contribution in [0.3, 0.4) is 0 Å². The van der Waals surface area contributed by atoms with E-state index in [9.17, 15) is 0 Å². The van der Waals surface area contributed by atoms with E-state index in [1.807, 2.05) is 12.3 Å². The number of hydrogen-bond acceptors (Lipinski definition) is 7. The molecule has 0 amide bonds. The predicted molar refractivity (Wildman–Crippen MR) is 80.9 cm³/mol. The topological polar surface area (TPSA) is 88.8 Å². The molecule has 1 aliphatic rings. The Hall–Kier alpha value is -1.73. The highest BCUT2D eigenvalue weighted by Crippen LogP contribution is 2.20. The summed E-state index contributed by atoms with van der Waals surface area (Å²) in [6.45, 7) is 4.55. The smallest absolute Gasteiger partial charge is 0.180 e. The molecule has 3 rings (SSSR count). The van der Waals surface area contributed by atoms with Gasteiger partial charge in [0.2, 0.25) is 0 Å². The van der Waals surface area contributed by atoms with Gasteiger partial charge in [-0.15, -0.1) is 11.3 Å². The number of aromatic nitrogens is 3. The lowest BCUT2D eigenvalue weighted by molar-refractivity contribution is 0.621. The van der Waals surface area contributed by atoms with Crippen molar-refractivity contribution >= 4 is 22.3 Å². The van der Waals surface area contributed by atoms with Crippen LogP contribution in [0.5, 0.6) is 0 Å². The summed E-state index contributed by atoms with van der Waals surface area (Å²) >= 11 is 1.48. The van der Waals surface area contributed by atoms with Gasteiger partial charge in [-0.25, -0.2) is 15.0 Å². The third kappa shape index (κ3) is 2.88. The molecule has 2 aromatic heterocycles. The molecule has 1 aliphatic heterocycles. The molecule has 0 unspecified atom stereocenters. The number of rotatable bonds is 4. The standard InChI is InChI=1S/C13H18N6S/c1-8-17-11-6-15-4-3-10(11)12(18-8)16-5-2-9-7-20-13(14)19-9/h7,15H,2-6H2,1H3,(H2,14,19)(H,16,17,18). The number of hydrogen-bond donors (Lipinski definition) is 3. The van der Waals surface area contributed by atoms with Crippen molar-refractivity contribution < 1.29 is 0 Å². The van der Waals surface area contributed by atoms with E-state index in [1.165, 1.54) is 16.9 Å². The van der Waals surface area contributed by atoms with Gasteiger partial charge in [0.05, 0.1) is 11.4 Å². The fourth-order valence-corrected chi connectivity index (χ4v) is 2.97. The third-order valence-electron chi connectivity index (χ3n) is 3.29. The first-order chi connectivity index (χ1) is 9.72. The number of nitrogens with zero attached hydrogens (tertiary/aromatic N) is 3. The van der Waals surface area contributed by atoms with Crippen LogP contribution >= 0.6 is 11.3 Å². The highest BCUT2D eigenvalue weighted by atomic mass is 32.1. The number of aryl methyl sites for hydroxylation is 1. The Balaban J connectivity index is 1.69. The zero-order valence-corrected chi connectivity index (χ0v) is 12.3.